The molecule has 4 aliphatic carbocycles. The van der Waals surface area contributed by atoms with Crippen LogP contribution in [0, 0.1) is 45.3 Å². The van der Waals surface area contributed by atoms with Crippen molar-refractivity contribution in [3.63, 3.8) is 0 Å². The van der Waals surface area contributed by atoms with Crippen LogP contribution in [0.4, 0.5) is 0 Å². The van der Waals surface area contributed by atoms with E-state index < -0.39 is 35.5 Å². The molecule has 10 atom stereocenters. The Kier molecular flexibility index (Phi) is 7.59. The summed E-state index contributed by atoms with van der Waals surface area (Å²) < 4.78 is 5.59. The van der Waals surface area contributed by atoms with E-state index in [1.165, 1.54) is 12.5 Å². The fourth-order valence-electron chi connectivity index (χ4n) is 9.80. The van der Waals surface area contributed by atoms with Crippen LogP contribution in [0.2, 0.25) is 0 Å². The van der Waals surface area contributed by atoms with Crippen molar-refractivity contribution in [1.82, 2.24) is 0 Å². The number of hydrogen-bond donors (Lipinski definition) is 2. The summed E-state index contributed by atoms with van der Waals surface area (Å²) in [6, 6.07) is 0. The molecule has 0 aromatic carbocycles. The number of carbonyl (C=O) groups excluding carboxylic acids is 3. The number of esters is 1. The normalized spacial score (nSPS) is 43.6. The largest absolute Gasteiger partial charge is 0.481 e. The Labute approximate surface area is 232 Å². The summed E-state index contributed by atoms with van der Waals surface area (Å²) in [5.74, 6) is -2.43. The lowest BCUT2D eigenvalue weighted by molar-refractivity contribution is -0.194. The number of fused-ring (bicyclic) bond motifs is 5. The van der Waals surface area contributed by atoms with Gasteiger partial charge in [-0.1, -0.05) is 38.0 Å². The van der Waals surface area contributed by atoms with Gasteiger partial charge in [0.05, 0.1) is 6.10 Å². The first-order chi connectivity index (χ1) is 18.1. The number of ketones is 1. The van der Waals surface area contributed by atoms with Gasteiger partial charge in [-0.2, -0.15) is 0 Å². The zero-order valence-electron chi connectivity index (χ0n) is 24.6. The molecule has 0 unspecified atom stereocenters. The third kappa shape index (κ3) is 4.34. The van der Waals surface area contributed by atoms with Gasteiger partial charge in [-0.25, -0.2) is 0 Å². The molecule has 0 aliphatic heterocycles. The molecule has 4 aliphatic rings. The van der Waals surface area contributed by atoms with E-state index in [0.717, 1.165) is 31.1 Å². The summed E-state index contributed by atoms with van der Waals surface area (Å²) in [5, 5.41) is 21.9. The van der Waals surface area contributed by atoms with Gasteiger partial charge < -0.3 is 19.7 Å². The van der Waals surface area contributed by atoms with Gasteiger partial charge in [-0.3, -0.25) is 14.4 Å². The molecule has 0 bridgehead atoms. The summed E-state index contributed by atoms with van der Waals surface area (Å²) in [6.07, 6.45) is 7.33. The molecule has 216 valence electrons. The van der Waals surface area contributed by atoms with Crippen LogP contribution >= 0.6 is 0 Å². The third-order valence-corrected chi connectivity index (χ3v) is 11.8. The zero-order chi connectivity index (χ0) is 29.1. The number of carboxylic acid groups (broad SMARTS) is 1. The Morgan fingerprint density at radius 3 is 2.33 bits per heavy atom. The number of carboxylic acids is 1. The quantitative estimate of drug-likeness (QED) is 0.194. The highest BCUT2D eigenvalue weighted by Crippen LogP contribution is 2.73. The van der Waals surface area contributed by atoms with Gasteiger partial charge >= 0.3 is 11.9 Å². The molecule has 0 heterocycles. The van der Waals surface area contributed by atoms with E-state index in [1.807, 2.05) is 13.8 Å². The van der Waals surface area contributed by atoms with Crippen molar-refractivity contribution in [2.75, 3.05) is 0 Å². The molecule has 0 saturated heterocycles. The SMILES string of the molecule is CC(=O)O[C@@H]1CC[C@@]2(C)[C@@H](CC=C3[C@@H]2CC[C@@]2(C)[C@H]([C@H](C=O)CC(=O)C=C(C)C)[C@@H](O)C[C@]32C)[C@]1(C)C(=O)O. The summed E-state index contributed by atoms with van der Waals surface area (Å²) in [5.41, 5.74) is -0.0877. The standard InChI is InChI=1S/C32H46O7/c1-18(2)14-21(35)15-20(17-33)27-24(36)16-31(6)23-8-9-25-29(4,22(23)10-13-30(27,31)5)12-11-26(39-19(3)34)32(25,7)28(37)38/h8,14,17,20,22,24-27,36H,9-13,15-16H2,1-7H3,(H,37,38)/t20-,22-,24-,25+,26+,27+,29+,30-,31+,32-/m0/s1. The molecule has 3 fully saturated rings. The smallest absolute Gasteiger partial charge is 0.313 e. The molecule has 3 saturated carbocycles. The summed E-state index contributed by atoms with van der Waals surface area (Å²) in [7, 11) is 0. The minimum atomic E-state index is -1.20. The maximum Gasteiger partial charge on any atom is 0.313 e. The van der Waals surface area contributed by atoms with Gasteiger partial charge in [-0.15, -0.1) is 0 Å². The monoisotopic (exact) mass is 542 g/mol. The molecular formula is C32H46O7. The average molecular weight is 543 g/mol. The van der Waals surface area contributed by atoms with Gasteiger partial charge in [0.1, 0.15) is 17.8 Å². The maximum atomic E-state index is 12.8. The molecule has 0 spiro atoms. The Morgan fingerprint density at radius 2 is 1.77 bits per heavy atom. The van der Waals surface area contributed by atoms with E-state index in [9.17, 15) is 29.4 Å². The second-order valence-corrected chi connectivity index (χ2v) is 14.0. The first kappa shape index (κ1) is 29.7. The van der Waals surface area contributed by atoms with E-state index in [2.05, 4.69) is 26.8 Å². The van der Waals surface area contributed by atoms with Crippen LogP contribution in [0.25, 0.3) is 0 Å². The Hall–Kier alpha value is -2.28. The highest BCUT2D eigenvalue weighted by molar-refractivity contribution is 5.91. The van der Waals surface area contributed by atoms with Crippen molar-refractivity contribution in [2.24, 2.45) is 45.3 Å². The second-order valence-electron chi connectivity index (χ2n) is 14.0. The predicted octanol–water partition coefficient (Wildman–Crippen LogP) is 5.30. The number of ether oxygens (including phenoxy) is 1. The van der Waals surface area contributed by atoms with Crippen molar-refractivity contribution in [1.29, 1.82) is 0 Å². The summed E-state index contributed by atoms with van der Waals surface area (Å²) >= 11 is 0. The highest BCUT2D eigenvalue weighted by Gasteiger charge is 2.69. The Balaban J connectivity index is 1.72. The van der Waals surface area contributed by atoms with Crippen LogP contribution in [0.5, 0.6) is 0 Å². The number of aliphatic carboxylic acids is 1. The highest BCUT2D eigenvalue weighted by atomic mass is 16.5. The molecule has 7 heteroatoms. The number of rotatable bonds is 7. The topological polar surface area (TPSA) is 118 Å². The average Bonchev–Trinajstić information content (AvgIpc) is 3.03. The van der Waals surface area contributed by atoms with Crippen LogP contribution in [0.3, 0.4) is 0 Å². The molecule has 0 aromatic rings. The van der Waals surface area contributed by atoms with Gasteiger partial charge in [0.2, 0.25) is 0 Å². The van der Waals surface area contributed by atoms with E-state index in [-0.39, 0.29) is 46.2 Å². The van der Waals surface area contributed by atoms with Crippen LogP contribution < -0.4 is 0 Å². The van der Waals surface area contributed by atoms with Crippen molar-refractivity contribution in [2.45, 2.75) is 106 Å². The fraction of sp³-hybridized carbons (Fsp3) is 0.750. The molecule has 7 nitrogen and oxygen atoms in total. The van der Waals surface area contributed by atoms with Gasteiger partial charge in [-0.05, 0) is 93.5 Å². The van der Waals surface area contributed by atoms with Gasteiger partial charge in [0.25, 0.3) is 0 Å². The van der Waals surface area contributed by atoms with Crippen LogP contribution in [0.1, 0.15) is 93.4 Å². The van der Waals surface area contributed by atoms with Crippen LogP contribution in [0.15, 0.2) is 23.3 Å². The zero-order valence-corrected chi connectivity index (χ0v) is 24.6. The van der Waals surface area contributed by atoms with Gasteiger partial charge in [0, 0.05) is 25.2 Å². The lowest BCUT2D eigenvalue weighted by Gasteiger charge is -2.63. The molecule has 4 rings (SSSR count). The van der Waals surface area contributed by atoms with Crippen molar-refractivity contribution in [3.8, 4) is 0 Å². The summed E-state index contributed by atoms with van der Waals surface area (Å²) in [4.78, 5) is 49.6. The third-order valence-electron chi connectivity index (χ3n) is 11.8. The first-order valence-electron chi connectivity index (χ1n) is 14.5. The molecule has 39 heavy (non-hydrogen) atoms. The van der Waals surface area contributed by atoms with Crippen molar-refractivity contribution >= 4 is 24.0 Å². The predicted molar refractivity (Wildman–Crippen MR) is 146 cm³/mol. The number of aliphatic hydroxyl groups is 1. The number of allylic oxidation sites excluding steroid dienone is 4. The van der Waals surface area contributed by atoms with E-state index in [1.54, 1.807) is 13.0 Å². The van der Waals surface area contributed by atoms with Crippen molar-refractivity contribution in [3.05, 3.63) is 23.3 Å². The Morgan fingerprint density at radius 1 is 1.10 bits per heavy atom. The van der Waals surface area contributed by atoms with Crippen LogP contribution in [-0.4, -0.2) is 46.4 Å². The van der Waals surface area contributed by atoms with Crippen molar-refractivity contribution < 1.29 is 34.1 Å². The number of carbonyl (C=O) groups is 4. The summed E-state index contributed by atoms with van der Waals surface area (Å²) in [6.45, 7) is 13.4. The first-order valence-corrected chi connectivity index (χ1v) is 14.5. The van der Waals surface area contributed by atoms with E-state index in [4.69, 9.17) is 4.74 Å². The maximum absolute atomic E-state index is 12.8. The number of aldehydes is 1. The molecular weight excluding hydrogens is 496 g/mol. The van der Waals surface area contributed by atoms with Gasteiger partial charge in [0.15, 0.2) is 5.78 Å². The molecule has 0 aromatic heterocycles. The minimum absolute atomic E-state index is 0.0880. The second kappa shape index (κ2) is 9.97. The molecule has 2 N–H and O–H groups in total. The fourth-order valence-corrected chi connectivity index (χ4v) is 9.80. The molecule has 0 radical (unpaired) electrons. The Bertz CT molecular complexity index is 1120. The van der Waals surface area contributed by atoms with E-state index in [0.29, 0.717) is 19.3 Å². The minimum Gasteiger partial charge on any atom is -0.481 e. The molecule has 0 amide bonds. The number of hydrogen-bond acceptors (Lipinski definition) is 6. The number of aliphatic hydroxyl groups excluding tert-OH is 1. The van der Waals surface area contributed by atoms with Crippen LogP contribution in [-0.2, 0) is 23.9 Å². The van der Waals surface area contributed by atoms with E-state index >= 15 is 0 Å². The lowest BCUT2D eigenvalue weighted by atomic mass is 9.40. The lowest BCUT2D eigenvalue weighted by Crippen LogP contribution is -2.61.